The first-order chi connectivity index (χ1) is 8.70. The molecule has 0 atom stereocenters. The molecule has 0 unspecified atom stereocenters. The van der Waals surface area contributed by atoms with E-state index in [4.69, 9.17) is 5.11 Å². The summed E-state index contributed by atoms with van der Waals surface area (Å²) in [6, 6.07) is 0. The summed E-state index contributed by atoms with van der Waals surface area (Å²) in [7, 11) is 1.88. The third kappa shape index (κ3) is 2.45. The third-order valence-corrected chi connectivity index (χ3v) is 3.06. The zero-order valence-electron chi connectivity index (χ0n) is 12.0. The van der Waals surface area contributed by atoms with E-state index in [0.717, 1.165) is 22.3 Å². The lowest BCUT2D eigenvalue weighted by Crippen LogP contribution is -2.16. The molecule has 0 aliphatic carbocycles. The Hall–Kier alpha value is -1.91. The normalized spacial score (nSPS) is 12.1. The van der Waals surface area contributed by atoms with Crippen LogP contribution in [-0.4, -0.2) is 25.6 Å². The molecule has 2 heterocycles. The highest BCUT2D eigenvalue weighted by Gasteiger charge is 2.24. The second-order valence-electron chi connectivity index (χ2n) is 5.90. The maximum absolute atomic E-state index is 11.0. The summed E-state index contributed by atoms with van der Waals surface area (Å²) in [6.07, 6.45) is 1.83. The number of nitrogens with zero attached hydrogens (tertiary/aromatic N) is 3. The lowest BCUT2D eigenvalue weighted by atomic mass is 9.88. The number of hydrogen-bond donors (Lipinski definition) is 1. The molecule has 0 bridgehead atoms. The first-order valence-corrected chi connectivity index (χ1v) is 6.25. The summed E-state index contributed by atoms with van der Waals surface area (Å²) >= 11 is 0. The van der Waals surface area contributed by atoms with Gasteiger partial charge in [0.15, 0.2) is 0 Å². The fourth-order valence-electron chi connectivity index (χ4n) is 2.31. The van der Waals surface area contributed by atoms with Crippen molar-refractivity contribution >= 4 is 17.0 Å². The zero-order chi connectivity index (χ0) is 14.4. The smallest absolute Gasteiger partial charge is 0.307 e. The number of rotatable bonds is 2. The number of aryl methyl sites for hydroxylation is 2. The Kier molecular flexibility index (Phi) is 3.08. The Labute approximate surface area is 112 Å². The summed E-state index contributed by atoms with van der Waals surface area (Å²) in [6.45, 7) is 8.09. The van der Waals surface area contributed by atoms with Crippen LogP contribution in [0.25, 0.3) is 11.0 Å². The second kappa shape index (κ2) is 4.33. The maximum Gasteiger partial charge on any atom is 0.307 e. The van der Waals surface area contributed by atoms with Crippen molar-refractivity contribution in [2.75, 3.05) is 0 Å². The second-order valence-corrected chi connectivity index (χ2v) is 5.90. The first-order valence-electron chi connectivity index (χ1n) is 6.25. The van der Waals surface area contributed by atoms with E-state index in [0.29, 0.717) is 5.82 Å². The van der Waals surface area contributed by atoms with Gasteiger partial charge in [0.25, 0.3) is 0 Å². The van der Waals surface area contributed by atoms with Gasteiger partial charge in [-0.1, -0.05) is 20.8 Å². The van der Waals surface area contributed by atoms with Gasteiger partial charge in [0.2, 0.25) is 0 Å². The van der Waals surface area contributed by atoms with E-state index in [2.05, 4.69) is 30.7 Å². The van der Waals surface area contributed by atoms with Crippen molar-refractivity contribution in [2.45, 2.75) is 39.5 Å². The number of aromatic nitrogens is 3. The summed E-state index contributed by atoms with van der Waals surface area (Å²) in [5, 5.41) is 9.91. The van der Waals surface area contributed by atoms with Crippen molar-refractivity contribution in [3.63, 3.8) is 0 Å². The molecule has 0 saturated carbocycles. The molecular weight excluding hydrogens is 242 g/mol. The largest absolute Gasteiger partial charge is 0.481 e. The van der Waals surface area contributed by atoms with Crippen LogP contribution >= 0.6 is 0 Å². The van der Waals surface area contributed by atoms with Crippen LogP contribution in [0.5, 0.6) is 0 Å². The first kappa shape index (κ1) is 13.5. The Bertz CT molecular complexity index is 651. The van der Waals surface area contributed by atoms with Crippen LogP contribution < -0.4 is 0 Å². The highest BCUT2D eigenvalue weighted by Crippen LogP contribution is 2.31. The monoisotopic (exact) mass is 261 g/mol. The minimum Gasteiger partial charge on any atom is -0.481 e. The Morgan fingerprint density at radius 1 is 1.37 bits per heavy atom. The Balaban J connectivity index is 2.83. The van der Waals surface area contributed by atoms with E-state index in [9.17, 15) is 4.79 Å². The number of hydrogen-bond acceptors (Lipinski definition) is 3. The lowest BCUT2D eigenvalue weighted by molar-refractivity contribution is -0.136. The minimum atomic E-state index is -0.840. The molecule has 0 amide bonds. The third-order valence-electron chi connectivity index (χ3n) is 3.06. The van der Waals surface area contributed by atoms with Gasteiger partial charge in [-0.15, -0.1) is 0 Å². The highest BCUT2D eigenvalue weighted by molar-refractivity contribution is 5.87. The SMILES string of the molecule is Cc1nc(C(C)(C)C)c2c(CC(=O)O)cn(C)c2n1. The van der Waals surface area contributed by atoms with Crippen molar-refractivity contribution in [3.8, 4) is 0 Å². The lowest BCUT2D eigenvalue weighted by Gasteiger charge is -2.19. The topological polar surface area (TPSA) is 68.0 Å². The molecule has 19 heavy (non-hydrogen) atoms. The van der Waals surface area contributed by atoms with Crippen LogP contribution in [0.3, 0.4) is 0 Å². The van der Waals surface area contributed by atoms with Gasteiger partial charge in [0.1, 0.15) is 11.5 Å². The molecule has 0 aromatic carbocycles. The number of carbonyl (C=O) groups is 1. The molecule has 0 aliphatic heterocycles. The molecule has 0 aliphatic rings. The number of aliphatic carboxylic acids is 1. The highest BCUT2D eigenvalue weighted by atomic mass is 16.4. The molecule has 2 rings (SSSR count). The summed E-state index contributed by atoms with van der Waals surface area (Å²) in [4.78, 5) is 20.0. The van der Waals surface area contributed by atoms with E-state index in [-0.39, 0.29) is 11.8 Å². The predicted octanol–water partition coefficient (Wildman–Crippen LogP) is 2.20. The van der Waals surface area contributed by atoms with Gasteiger partial charge < -0.3 is 9.67 Å². The maximum atomic E-state index is 11.0. The van der Waals surface area contributed by atoms with Gasteiger partial charge in [0, 0.05) is 24.0 Å². The van der Waals surface area contributed by atoms with E-state index < -0.39 is 5.97 Å². The van der Waals surface area contributed by atoms with Gasteiger partial charge in [-0.2, -0.15) is 0 Å². The van der Waals surface area contributed by atoms with Crippen LogP contribution in [0.15, 0.2) is 6.20 Å². The summed E-state index contributed by atoms with van der Waals surface area (Å²) < 4.78 is 1.87. The van der Waals surface area contributed by atoms with E-state index >= 15 is 0 Å². The van der Waals surface area contributed by atoms with Gasteiger partial charge >= 0.3 is 5.97 Å². The van der Waals surface area contributed by atoms with E-state index in [1.807, 2.05) is 24.7 Å². The average molecular weight is 261 g/mol. The molecule has 0 fully saturated rings. The van der Waals surface area contributed by atoms with Gasteiger partial charge in [-0.3, -0.25) is 4.79 Å². The zero-order valence-corrected chi connectivity index (χ0v) is 12.0. The minimum absolute atomic E-state index is 0.00710. The van der Waals surface area contributed by atoms with Crippen molar-refractivity contribution in [1.82, 2.24) is 14.5 Å². The Morgan fingerprint density at radius 3 is 2.53 bits per heavy atom. The van der Waals surface area contributed by atoms with Crippen molar-refractivity contribution < 1.29 is 9.90 Å². The number of fused-ring (bicyclic) bond motifs is 1. The van der Waals surface area contributed by atoms with Crippen LogP contribution in [0.2, 0.25) is 0 Å². The molecule has 0 saturated heterocycles. The number of carboxylic acid groups (broad SMARTS) is 1. The van der Waals surface area contributed by atoms with Crippen molar-refractivity contribution in [1.29, 1.82) is 0 Å². The molecule has 5 nitrogen and oxygen atoms in total. The average Bonchev–Trinajstić information content (AvgIpc) is 2.52. The van der Waals surface area contributed by atoms with Crippen LogP contribution in [0.4, 0.5) is 0 Å². The molecule has 102 valence electrons. The van der Waals surface area contributed by atoms with E-state index in [1.165, 1.54) is 0 Å². The van der Waals surface area contributed by atoms with E-state index in [1.54, 1.807) is 0 Å². The molecule has 1 N–H and O–H groups in total. The predicted molar refractivity (Wildman–Crippen MR) is 73.3 cm³/mol. The van der Waals surface area contributed by atoms with Crippen molar-refractivity contribution in [2.24, 2.45) is 7.05 Å². The molecule has 2 aromatic heterocycles. The van der Waals surface area contributed by atoms with Gasteiger partial charge in [-0.05, 0) is 12.5 Å². The Morgan fingerprint density at radius 2 is 2.00 bits per heavy atom. The fourth-order valence-corrected chi connectivity index (χ4v) is 2.31. The van der Waals surface area contributed by atoms with Crippen LogP contribution in [0, 0.1) is 6.92 Å². The molecule has 0 spiro atoms. The summed E-state index contributed by atoms with van der Waals surface area (Å²) in [5.74, 6) is -0.131. The van der Waals surface area contributed by atoms with Crippen molar-refractivity contribution in [3.05, 3.63) is 23.3 Å². The summed E-state index contributed by atoms with van der Waals surface area (Å²) in [5.41, 5.74) is 2.33. The van der Waals surface area contributed by atoms with Crippen LogP contribution in [-0.2, 0) is 23.7 Å². The fraction of sp³-hybridized carbons (Fsp3) is 0.500. The molecular formula is C14H19N3O2. The quantitative estimate of drug-likeness (QED) is 0.899. The molecule has 2 aromatic rings. The van der Waals surface area contributed by atoms with Gasteiger partial charge in [0.05, 0.1) is 12.1 Å². The van der Waals surface area contributed by atoms with Gasteiger partial charge in [-0.25, -0.2) is 9.97 Å². The van der Waals surface area contributed by atoms with Crippen LogP contribution in [0.1, 0.15) is 37.9 Å². The molecule has 5 heteroatoms. The molecule has 0 radical (unpaired) electrons. The number of carboxylic acids is 1. The standard InChI is InChI=1S/C14H19N3O2/c1-8-15-12(14(2,3)4)11-9(6-10(18)19)7-17(5)13(11)16-8/h7H,6H2,1-5H3,(H,18,19).